The first kappa shape index (κ1) is 20.5. The molecular formula is C23H23N7OS. The molecule has 1 aliphatic rings. The summed E-state index contributed by atoms with van der Waals surface area (Å²) >= 11 is 1.30. The van der Waals surface area contributed by atoms with Crippen molar-refractivity contribution in [3.63, 3.8) is 0 Å². The first-order valence-corrected chi connectivity index (χ1v) is 11.2. The Labute approximate surface area is 189 Å². The Morgan fingerprint density at radius 1 is 1.16 bits per heavy atom. The van der Waals surface area contributed by atoms with Gasteiger partial charge in [-0.05, 0) is 49.4 Å². The Balaban J connectivity index is 1.38. The van der Waals surface area contributed by atoms with Gasteiger partial charge in [0.1, 0.15) is 17.3 Å². The van der Waals surface area contributed by atoms with Crippen LogP contribution >= 0.6 is 11.8 Å². The van der Waals surface area contributed by atoms with Crippen molar-refractivity contribution >= 4 is 27.8 Å². The van der Waals surface area contributed by atoms with E-state index < -0.39 is 0 Å². The van der Waals surface area contributed by atoms with Crippen LogP contribution in [0.4, 0.5) is 0 Å². The third-order valence-electron chi connectivity index (χ3n) is 5.37. The topological polar surface area (TPSA) is 105 Å². The van der Waals surface area contributed by atoms with E-state index >= 15 is 0 Å². The van der Waals surface area contributed by atoms with Crippen LogP contribution in [-0.4, -0.2) is 43.7 Å². The Morgan fingerprint density at radius 3 is 2.84 bits per heavy atom. The molecular weight excluding hydrogens is 422 g/mol. The van der Waals surface area contributed by atoms with Crippen molar-refractivity contribution in [2.45, 2.75) is 17.4 Å². The number of pyridine rings is 2. The second kappa shape index (κ2) is 8.60. The zero-order valence-corrected chi connectivity index (χ0v) is 18.4. The molecule has 0 saturated carbocycles. The summed E-state index contributed by atoms with van der Waals surface area (Å²) in [4.78, 5) is 5.42. The van der Waals surface area contributed by atoms with E-state index in [4.69, 9.17) is 15.6 Å². The second-order valence-electron chi connectivity index (χ2n) is 7.74. The number of aromatic nitrogens is 4. The van der Waals surface area contributed by atoms with E-state index in [1.54, 1.807) is 33.9 Å². The van der Waals surface area contributed by atoms with E-state index in [2.05, 4.69) is 15.4 Å². The Hall–Kier alpha value is -3.43. The highest BCUT2D eigenvalue weighted by Gasteiger charge is 2.16. The summed E-state index contributed by atoms with van der Waals surface area (Å²) in [6, 6.07) is 11.5. The minimum absolute atomic E-state index is 0.180. The van der Waals surface area contributed by atoms with Crippen molar-refractivity contribution in [1.82, 2.24) is 24.6 Å². The van der Waals surface area contributed by atoms with Crippen LogP contribution in [0.3, 0.4) is 0 Å². The number of aryl methyl sites for hydroxylation is 1. The average molecular weight is 446 g/mol. The fourth-order valence-electron chi connectivity index (χ4n) is 3.71. The van der Waals surface area contributed by atoms with Crippen molar-refractivity contribution in [1.29, 1.82) is 10.8 Å². The number of hydrogen-bond acceptors (Lipinski definition) is 7. The second-order valence-corrected chi connectivity index (χ2v) is 8.80. The average Bonchev–Trinajstić information content (AvgIpc) is 3.45. The summed E-state index contributed by atoms with van der Waals surface area (Å²) in [5, 5.41) is 25.6. The minimum atomic E-state index is 0.180. The molecule has 5 rings (SSSR count). The summed E-state index contributed by atoms with van der Waals surface area (Å²) in [5.41, 5.74) is 2.98. The van der Waals surface area contributed by atoms with E-state index in [1.807, 2.05) is 43.6 Å². The standard InChI is InChI=1S/C23H23N7OS/c1-29-13-17(10-28-29)15-2-5-22(24)30(14-15)23(25)32-20-3-4-21-16(9-20)8-19(12-27-21)31-18-6-7-26-11-18/h2-5,8-10,12-14,18,24-26H,6-7,11H2,1H3. The van der Waals surface area contributed by atoms with Gasteiger partial charge in [-0.25, -0.2) is 0 Å². The van der Waals surface area contributed by atoms with Crippen LogP contribution < -0.4 is 15.5 Å². The lowest BCUT2D eigenvalue weighted by molar-refractivity contribution is 0.222. The monoisotopic (exact) mass is 445 g/mol. The summed E-state index contributed by atoms with van der Waals surface area (Å²) in [6.07, 6.45) is 8.44. The molecule has 162 valence electrons. The number of thioether (sulfide) groups is 1. The van der Waals surface area contributed by atoms with Crippen molar-refractivity contribution in [3.8, 4) is 16.9 Å². The molecule has 0 spiro atoms. The molecule has 32 heavy (non-hydrogen) atoms. The molecule has 1 unspecified atom stereocenters. The van der Waals surface area contributed by atoms with Gasteiger partial charge in [0.05, 0.1) is 17.9 Å². The maximum atomic E-state index is 8.61. The van der Waals surface area contributed by atoms with E-state index in [1.165, 1.54) is 11.8 Å². The smallest absolute Gasteiger partial charge is 0.171 e. The fraction of sp³-hybridized carbons (Fsp3) is 0.217. The van der Waals surface area contributed by atoms with Gasteiger partial charge in [-0.15, -0.1) is 0 Å². The van der Waals surface area contributed by atoms with Gasteiger partial charge in [0.2, 0.25) is 0 Å². The number of rotatable bonds is 4. The molecule has 1 atom stereocenters. The maximum absolute atomic E-state index is 8.61. The van der Waals surface area contributed by atoms with Crippen LogP contribution in [-0.2, 0) is 7.05 Å². The van der Waals surface area contributed by atoms with Crippen LogP contribution in [0, 0.1) is 10.8 Å². The Morgan fingerprint density at radius 2 is 2.06 bits per heavy atom. The first-order chi connectivity index (χ1) is 15.5. The van der Waals surface area contributed by atoms with Crippen LogP contribution in [0.1, 0.15) is 6.42 Å². The molecule has 1 aromatic carbocycles. The van der Waals surface area contributed by atoms with Gasteiger partial charge in [0.15, 0.2) is 5.17 Å². The molecule has 1 saturated heterocycles. The molecule has 0 bridgehead atoms. The number of nitrogens with one attached hydrogen (secondary N) is 3. The molecule has 0 amide bonds. The molecule has 1 aliphatic heterocycles. The Bertz CT molecular complexity index is 1350. The molecule has 3 N–H and O–H groups in total. The fourth-order valence-corrected chi connectivity index (χ4v) is 4.50. The molecule has 4 aromatic rings. The number of hydrogen-bond donors (Lipinski definition) is 3. The normalized spacial score (nSPS) is 15.8. The molecule has 0 aliphatic carbocycles. The van der Waals surface area contributed by atoms with Crippen LogP contribution in [0.5, 0.6) is 5.75 Å². The molecule has 4 heterocycles. The molecule has 3 aromatic heterocycles. The number of nitrogens with zero attached hydrogens (tertiary/aromatic N) is 4. The van der Waals surface area contributed by atoms with E-state index in [9.17, 15) is 0 Å². The molecule has 9 heteroatoms. The van der Waals surface area contributed by atoms with Gasteiger partial charge in [-0.2, -0.15) is 5.10 Å². The minimum Gasteiger partial charge on any atom is -0.487 e. The third kappa shape index (κ3) is 4.30. The number of benzene rings is 1. The van der Waals surface area contributed by atoms with Crippen LogP contribution in [0.15, 0.2) is 66.1 Å². The van der Waals surface area contributed by atoms with E-state index in [0.29, 0.717) is 0 Å². The largest absolute Gasteiger partial charge is 0.487 e. The summed E-state index contributed by atoms with van der Waals surface area (Å²) in [7, 11) is 1.87. The van der Waals surface area contributed by atoms with Gasteiger partial charge in [0, 0.05) is 47.4 Å². The van der Waals surface area contributed by atoms with Crippen LogP contribution in [0.25, 0.3) is 22.0 Å². The zero-order valence-electron chi connectivity index (χ0n) is 17.6. The van der Waals surface area contributed by atoms with Gasteiger partial charge in [-0.1, -0.05) is 11.8 Å². The maximum Gasteiger partial charge on any atom is 0.171 e. The van der Waals surface area contributed by atoms with Crippen molar-refractivity contribution in [3.05, 3.63) is 66.7 Å². The predicted molar refractivity (Wildman–Crippen MR) is 125 cm³/mol. The van der Waals surface area contributed by atoms with E-state index in [0.717, 1.165) is 52.2 Å². The SMILES string of the molecule is Cn1cc(-c2ccc(=N)n(C(=N)Sc3ccc4ncc(OC5CCNC5)cc4c3)c2)cn1. The van der Waals surface area contributed by atoms with E-state index in [-0.39, 0.29) is 16.8 Å². The van der Waals surface area contributed by atoms with Gasteiger partial charge >= 0.3 is 0 Å². The summed E-state index contributed by atoms with van der Waals surface area (Å²) in [5.74, 6) is 0.760. The van der Waals surface area contributed by atoms with Gasteiger partial charge in [-0.3, -0.25) is 25.1 Å². The lowest BCUT2D eigenvalue weighted by Gasteiger charge is -2.13. The van der Waals surface area contributed by atoms with Gasteiger partial charge in [0.25, 0.3) is 0 Å². The van der Waals surface area contributed by atoms with Crippen molar-refractivity contribution in [2.24, 2.45) is 7.05 Å². The highest BCUT2D eigenvalue weighted by molar-refractivity contribution is 8.13. The highest BCUT2D eigenvalue weighted by Crippen LogP contribution is 2.27. The van der Waals surface area contributed by atoms with Gasteiger partial charge < -0.3 is 10.1 Å². The lowest BCUT2D eigenvalue weighted by Crippen LogP contribution is -2.23. The summed E-state index contributed by atoms with van der Waals surface area (Å²) in [6.45, 7) is 1.84. The quantitative estimate of drug-likeness (QED) is 0.254. The lowest BCUT2D eigenvalue weighted by atomic mass is 10.2. The molecule has 8 nitrogen and oxygen atoms in total. The third-order valence-corrected chi connectivity index (χ3v) is 6.25. The van der Waals surface area contributed by atoms with Crippen molar-refractivity contribution in [2.75, 3.05) is 13.1 Å². The van der Waals surface area contributed by atoms with Crippen LogP contribution in [0.2, 0.25) is 0 Å². The van der Waals surface area contributed by atoms with Crippen molar-refractivity contribution < 1.29 is 4.74 Å². The number of fused-ring (bicyclic) bond motifs is 1. The zero-order chi connectivity index (χ0) is 22.1. The highest BCUT2D eigenvalue weighted by atomic mass is 32.2. The molecule has 1 fully saturated rings. The first-order valence-electron chi connectivity index (χ1n) is 10.4. The predicted octanol–water partition coefficient (Wildman–Crippen LogP) is 3.23. The Kier molecular flexibility index (Phi) is 5.50. The number of ether oxygens (including phenoxy) is 1. The summed E-state index contributed by atoms with van der Waals surface area (Å²) < 4.78 is 9.34. The molecule has 0 radical (unpaired) electrons.